The van der Waals surface area contributed by atoms with Crippen LogP contribution in [0.3, 0.4) is 0 Å². The zero-order valence-corrected chi connectivity index (χ0v) is 15.4. The van der Waals surface area contributed by atoms with Crippen LogP contribution in [0, 0.1) is 11.8 Å². The van der Waals surface area contributed by atoms with Gasteiger partial charge in [-0.15, -0.1) is 0 Å². The Morgan fingerprint density at radius 2 is 1.85 bits per heavy atom. The molecule has 1 amide bonds. The largest absolute Gasteiger partial charge is 0.378 e. The fraction of sp³-hybridized carbons (Fsp3) is 0.227. The number of hydrogen-bond acceptors (Lipinski definition) is 2. The van der Waals surface area contributed by atoms with Gasteiger partial charge in [0.15, 0.2) is 0 Å². The van der Waals surface area contributed by atoms with Crippen molar-refractivity contribution in [2.45, 2.75) is 6.42 Å². The molecule has 2 aromatic carbocycles. The average Bonchev–Trinajstić information content (AvgIpc) is 2.95. The maximum absolute atomic E-state index is 12.2. The lowest BCUT2D eigenvalue weighted by Crippen LogP contribution is -2.25. The van der Waals surface area contributed by atoms with Crippen molar-refractivity contribution in [1.82, 2.24) is 9.88 Å². The molecule has 0 spiro atoms. The SMILES string of the molecule is CN(C)c1ccc(C#CCNC(=O)Cc2cn(C)c3ccccc23)cc1. The molecule has 0 unspecified atom stereocenters. The Morgan fingerprint density at radius 3 is 2.58 bits per heavy atom. The van der Waals surface area contributed by atoms with Crippen LogP contribution in [0.15, 0.2) is 54.7 Å². The number of hydrogen-bond donors (Lipinski definition) is 1. The summed E-state index contributed by atoms with van der Waals surface area (Å²) in [6.07, 6.45) is 2.38. The predicted molar refractivity (Wildman–Crippen MR) is 107 cm³/mol. The summed E-state index contributed by atoms with van der Waals surface area (Å²) in [6, 6.07) is 16.1. The van der Waals surface area contributed by atoms with Gasteiger partial charge in [-0.2, -0.15) is 0 Å². The summed E-state index contributed by atoms with van der Waals surface area (Å²) >= 11 is 0. The lowest BCUT2D eigenvalue weighted by atomic mass is 10.1. The van der Waals surface area contributed by atoms with Gasteiger partial charge in [0.25, 0.3) is 0 Å². The molecule has 4 heteroatoms. The van der Waals surface area contributed by atoms with Crippen LogP contribution in [0.25, 0.3) is 10.9 Å². The maximum atomic E-state index is 12.2. The van der Waals surface area contributed by atoms with Crippen LogP contribution in [-0.2, 0) is 18.3 Å². The second-order valence-corrected chi connectivity index (χ2v) is 6.48. The lowest BCUT2D eigenvalue weighted by molar-refractivity contribution is -0.120. The molecule has 0 radical (unpaired) electrons. The molecular formula is C22H23N3O. The number of carbonyl (C=O) groups excluding carboxylic acids is 1. The van der Waals surface area contributed by atoms with Crippen LogP contribution in [0.4, 0.5) is 5.69 Å². The highest BCUT2D eigenvalue weighted by Gasteiger charge is 2.09. The minimum atomic E-state index is -0.0152. The molecule has 4 nitrogen and oxygen atoms in total. The molecular weight excluding hydrogens is 322 g/mol. The molecule has 132 valence electrons. The van der Waals surface area contributed by atoms with Crippen molar-refractivity contribution < 1.29 is 4.79 Å². The number of carbonyl (C=O) groups is 1. The molecule has 0 saturated heterocycles. The standard InChI is InChI=1S/C22H23N3O/c1-24(2)19-12-10-17(11-13-19)7-6-14-23-22(26)15-18-16-25(3)21-9-5-4-8-20(18)21/h4-5,8-13,16H,14-15H2,1-3H3,(H,23,26). The molecule has 26 heavy (non-hydrogen) atoms. The Bertz CT molecular complexity index is 972. The van der Waals surface area contributed by atoms with Crippen LogP contribution in [-0.4, -0.2) is 31.1 Å². The molecule has 0 atom stereocenters. The minimum absolute atomic E-state index is 0.0152. The van der Waals surface area contributed by atoms with Gasteiger partial charge in [0, 0.05) is 49.5 Å². The van der Waals surface area contributed by atoms with E-state index in [1.165, 1.54) is 0 Å². The number of aryl methyl sites for hydroxylation is 1. The van der Waals surface area contributed by atoms with E-state index < -0.39 is 0 Å². The van der Waals surface area contributed by atoms with E-state index >= 15 is 0 Å². The summed E-state index contributed by atoms with van der Waals surface area (Å²) in [7, 11) is 6.01. The Labute approximate surface area is 154 Å². The van der Waals surface area contributed by atoms with Gasteiger partial charge >= 0.3 is 0 Å². The van der Waals surface area contributed by atoms with Crippen molar-refractivity contribution in [1.29, 1.82) is 0 Å². The van der Waals surface area contributed by atoms with Crippen LogP contribution in [0.2, 0.25) is 0 Å². The zero-order chi connectivity index (χ0) is 18.5. The molecule has 1 heterocycles. The number of rotatable bonds is 4. The van der Waals surface area contributed by atoms with E-state index in [2.05, 4.69) is 33.9 Å². The zero-order valence-electron chi connectivity index (χ0n) is 15.4. The fourth-order valence-electron chi connectivity index (χ4n) is 2.93. The van der Waals surface area contributed by atoms with Gasteiger partial charge in [0.05, 0.1) is 13.0 Å². The highest BCUT2D eigenvalue weighted by atomic mass is 16.1. The third kappa shape index (κ3) is 4.07. The van der Waals surface area contributed by atoms with Gasteiger partial charge in [-0.3, -0.25) is 4.79 Å². The smallest absolute Gasteiger partial charge is 0.225 e. The Morgan fingerprint density at radius 1 is 1.12 bits per heavy atom. The number of nitrogens with zero attached hydrogens (tertiary/aromatic N) is 2. The molecule has 0 bridgehead atoms. The first kappa shape index (κ1) is 17.6. The second-order valence-electron chi connectivity index (χ2n) is 6.48. The molecule has 0 saturated carbocycles. The van der Waals surface area contributed by atoms with E-state index in [0.29, 0.717) is 13.0 Å². The first-order valence-corrected chi connectivity index (χ1v) is 8.60. The van der Waals surface area contributed by atoms with Gasteiger partial charge in [0.2, 0.25) is 5.91 Å². The summed E-state index contributed by atoms with van der Waals surface area (Å²) in [5.41, 5.74) is 4.25. The van der Waals surface area contributed by atoms with Crippen molar-refractivity contribution in [2.24, 2.45) is 7.05 Å². The number of anilines is 1. The number of benzene rings is 2. The van der Waals surface area contributed by atoms with E-state index in [1.54, 1.807) is 0 Å². The lowest BCUT2D eigenvalue weighted by Gasteiger charge is -2.11. The molecule has 0 aliphatic rings. The topological polar surface area (TPSA) is 37.3 Å². The van der Waals surface area contributed by atoms with Gasteiger partial charge in [-0.25, -0.2) is 0 Å². The Kier molecular flexibility index (Phi) is 5.28. The molecule has 0 aliphatic carbocycles. The third-order valence-corrected chi connectivity index (χ3v) is 4.32. The number of para-hydroxylation sites is 1. The first-order chi connectivity index (χ1) is 12.5. The Hall–Kier alpha value is -3.19. The summed E-state index contributed by atoms with van der Waals surface area (Å²) in [4.78, 5) is 14.2. The summed E-state index contributed by atoms with van der Waals surface area (Å²) in [6.45, 7) is 0.346. The van der Waals surface area contributed by atoms with E-state index in [4.69, 9.17) is 0 Å². The average molecular weight is 345 g/mol. The second kappa shape index (κ2) is 7.79. The quantitative estimate of drug-likeness (QED) is 0.738. The van der Waals surface area contributed by atoms with Gasteiger partial charge in [-0.05, 0) is 35.9 Å². The number of fused-ring (bicyclic) bond motifs is 1. The van der Waals surface area contributed by atoms with Crippen LogP contribution >= 0.6 is 0 Å². The molecule has 1 N–H and O–H groups in total. The van der Waals surface area contributed by atoms with Gasteiger partial charge < -0.3 is 14.8 Å². The minimum Gasteiger partial charge on any atom is -0.378 e. The van der Waals surface area contributed by atoms with E-state index in [0.717, 1.165) is 27.7 Å². The summed E-state index contributed by atoms with van der Waals surface area (Å²) in [5.74, 6) is 6.07. The molecule has 3 aromatic rings. The number of amides is 1. The fourth-order valence-corrected chi connectivity index (χ4v) is 2.93. The van der Waals surface area contributed by atoms with Crippen LogP contribution in [0.5, 0.6) is 0 Å². The van der Waals surface area contributed by atoms with E-state index in [-0.39, 0.29) is 5.91 Å². The van der Waals surface area contributed by atoms with E-state index in [9.17, 15) is 4.79 Å². The highest BCUT2D eigenvalue weighted by molar-refractivity contribution is 5.89. The van der Waals surface area contributed by atoms with E-state index in [1.807, 2.05) is 68.6 Å². The molecule has 3 rings (SSSR count). The van der Waals surface area contributed by atoms with Crippen molar-refractivity contribution in [2.75, 3.05) is 25.5 Å². The molecule has 0 fully saturated rings. The molecule has 0 aliphatic heterocycles. The van der Waals surface area contributed by atoms with Gasteiger partial charge in [0.1, 0.15) is 0 Å². The van der Waals surface area contributed by atoms with Crippen molar-refractivity contribution in [3.63, 3.8) is 0 Å². The summed E-state index contributed by atoms with van der Waals surface area (Å²) < 4.78 is 2.05. The van der Waals surface area contributed by atoms with Crippen molar-refractivity contribution in [3.8, 4) is 11.8 Å². The van der Waals surface area contributed by atoms with Crippen molar-refractivity contribution >= 4 is 22.5 Å². The predicted octanol–water partition coefficient (Wildman–Crippen LogP) is 2.95. The highest BCUT2D eigenvalue weighted by Crippen LogP contribution is 2.20. The number of aromatic nitrogens is 1. The molecule has 1 aromatic heterocycles. The summed E-state index contributed by atoms with van der Waals surface area (Å²) in [5, 5.41) is 4.00. The van der Waals surface area contributed by atoms with Crippen LogP contribution < -0.4 is 10.2 Å². The Balaban J connectivity index is 1.56. The van der Waals surface area contributed by atoms with Gasteiger partial charge in [-0.1, -0.05) is 30.0 Å². The normalized spacial score (nSPS) is 10.3. The maximum Gasteiger partial charge on any atom is 0.225 e. The monoisotopic (exact) mass is 345 g/mol. The van der Waals surface area contributed by atoms with Crippen molar-refractivity contribution in [3.05, 3.63) is 65.9 Å². The van der Waals surface area contributed by atoms with Crippen LogP contribution in [0.1, 0.15) is 11.1 Å². The third-order valence-electron chi connectivity index (χ3n) is 4.32. The first-order valence-electron chi connectivity index (χ1n) is 8.60. The number of nitrogens with one attached hydrogen (secondary N) is 1.